The molecule has 5 aromatic rings. The molecule has 3 N–H and O–H groups in total. The second-order valence-corrected chi connectivity index (χ2v) is 11.2. The van der Waals surface area contributed by atoms with Gasteiger partial charge in [-0.2, -0.15) is 8.42 Å². The van der Waals surface area contributed by atoms with E-state index in [1.54, 1.807) is 12.3 Å². The third-order valence-electron chi connectivity index (χ3n) is 5.44. The summed E-state index contributed by atoms with van der Waals surface area (Å²) >= 11 is 0. The van der Waals surface area contributed by atoms with Crippen LogP contribution in [-0.4, -0.2) is 44.8 Å². The number of benzene rings is 1. The number of nitrogens with zero attached hydrogens (tertiary/aromatic N) is 4. The second kappa shape index (κ2) is 11.1. The van der Waals surface area contributed by atoms with Gasteiger partial charge in [-0.1, -0.05) is 44.1 Å². The van der Waals surface area contributed by atoms with Gasteiger partial charge in [0.25, 0.3) is 10.1 Å². The van der Waals surface area contributed by atoms with Gasteiger partial charge in [0.05, 0.1) is 18.1 Å². The van der Waals surface area contributed by atoms with E-state index in [9.17, 15) is 13.2 Å². The number of pyridine rings is 2. The van der Waals surface area contributed by atoms with Crippen LogP contribution in [0.15, 0.2) is 83.9 Å². The van der Waals surface area contributed by atoms with Gasteiger partial charge in [0.2, 0.25) is 0 Å². The van der Waals surface area contributed by atoms with Crippen LogP contribution in [0.5, 0.6) is 0 Å². The van der Waals surface area contributed by atoms with E-state index < -0.39 is 10.1 Å². The Labute approximate surface area is 225 Å². The summed E-state index contributed by atoms with van der Waals surface area (Å²) in [6.45, 7) is 6.05. The molecule has 39 heavy (non-hydrogen) atoms. The molecule has 0 radical (unpaired) electrons. The lowest BCUT2D eigenvalue weighted by Gasteiger charge is -2.12. The average Bonchev–Trinajstić information content (AvgIpc) is 3.51. The summed E-state index contributed by atoms with van der Waals surface area (Å²) in [5, 5.41) is 9.41. The van der Waals surface area contributed by atoms with Gasteiger partial charge in [0, 0.05) is 46.9 Å². The highest BCUT2D eigenvalue weighted by atomic mass is 32.2. The Kier molecular flexibility index (Phi) is 7.79. The topological polar surface area (TPSA) is 152 Å². The summed E-state index contributed by atoms with van der Waals surface area (Å²) in [6, 6.07) is 17.0. The minimum Gasteiger partial charge on any atom is -0.359 e. The van der Waals surface area contributed by atoms with Crippen LogP contribution >= 0.6 is 0 Å². The van der Waals surface area contributed by atoms with Crippen molar-refractivity contribution in [1.82, 2.24) is 19.5 Å². The van der Waals surface area contributed by atoms with Crippen molar-refractivity contribution in [2.45, 2.75) is 26.2 Å². The molecule has 11 nitrogen and oxygen atoms in total. The van der Waals surface area contributed by atoms with Crippen LogP contribution in [-0.2, 0) is 15.5 Å². The maximum Gasteiger partial charge on any atom is 0.324 e. The molecule has 12 heteroatoms. The van der Waals surface area contributed by atoms with Crippen molar-refractivity contribution in [3.63, 3.8) is 0 Å². The Hall–Kier alpha value is -4.55. The molecule has 0 spiro atoms. The molecule has 202 valence electrons. The van der Waals surface area contributed by atoms with Crippen molar-refractivity contribution < 1.29 is 22.3 Å². The maximum atomic E-state index is 12.4. The van der Waals surface area contributed by atoms with E-state index in [1.807, 2.05) is 92.3 Å². The summed E-state index contributed by atoms with van der Waals surface area (Å²) in [5.41, 5.74) is 5.37. The zero-order chi connectivity index (χ0) is 28.2. The normalized spacial score (nSPS) is 11.5. The lowest BCUT2D eigenvalue weighted by molar-refractivity contribution is 0.262. The Bertz CT molecular complexity index is 1680. The van der Waals surface area contributed by atoms with Gasteiger partial charge in [-0.05, 0) is 35.9 Å². The van der Waals surface area contributed by atoms with E-state index >= 15 is 0 Å². The Morgan fingerprint density at radius 1 is 0.974 bits per heavy atom. The van der Waals surface area contributed by atoms with Crippen LogP contribution in [0.1, 0.15) is 26.5 Å². The summed E-state index contributed by atoms with van der Waals surface area (Å²) in [6.07, 6.45) is 8.16. The molecule has 0 bridgehead atoms. The maximum absolute atomic E-state index is 12.4. The van der Waals surface area contributed by atoms with E-state index in [0.717, 1.165) is 28.0 Å². The monoisotopic (exact) mass is 548 g/mol. The molecular formula is C27H28N6O5S. The molecule has 0 fully saturated rings. The molecule has 0 saturated heterocycles. The van der Waals surface area contributed by atoms with Crippen molar-refractivity contribution in [2.24, 2.45) is 0 Å². The average molecular weight is 549 g/mol. The number of urea groups is 1. The summed E-state index contributed by atoms with van der Waals surface area (Å²) in [4.78, 5) is 21.1. The SMILES string of the molecule is CC(C)(C)c1cc(NC(=O)Nc2ccc(-c3cnc4cc(-c5cccnc5)ccn34)cc2)no1.CS(=O)(=O)O. The molecule has 5 rings (SSSR count). The molecule has 0 unspecified atom stereocenters. The van der Waals surface area contributed by atoms with E-state index in [1.165, 1.54) is 0 Å². The molecule has 2 amide bonds. The molecule has 0 aliphatic rings. The van der Waals surface area contributed by atoms with E-state index in [4.69, 9.17) is 9.08 Å². The smallest absolute Gasteiger partial charge is 0.324 e. The van der Waals surface area contributed by atoms with E-state index in [2.05, 4.69) is 25.8 Å². The van der Waals surface area contributed by atoms with E-state index in [-0.39, 0.29) is 11.4 Å². The number of carbonyl (C=O) groups is 1. The number of amides is 2. The number of anilines is 2. The standard InChI is InChI=1S/C26H24N6O2.CH4O3S/c1-26(2,3)22-14-23(31-34-22)30-25(33)29-20-8-6-17(7-9-20)21-16-28-24-13-18(10-12-32(21)24)19-5-4-11-27-15-19;1-5(2,3)4/h4-16H,1-3H3,(H2,29,30,31,33);1H3,(H,2,3,4). The predicted molar refractivity (Wildman–Crippen MR) is 149 cm³/mol. The predicted octanol–water partition coefficient (Wildman–Crippen LogP) is 5.50. The molecular weight excluding hydrogens is 520 g/mol. The molecule has 0 aliphatic carbocycles. The van der Waals surface area contributed by atoms with Crippen LogP contribution in [0.4, 0.5) is 16.3 Å². The van der Waals surface area contributed by atoms with Gasteiger partial charge >= 0.3 is 6.03 Å². The van der Waals surface area contributed by atoms with Crippen molar-refractivity contribution in [3.8, 4) is 22.4 Å². The van der Waals surface area contributed by atoms with Crippen LogP contribution < -0.4 is 10.6 Å². The summed E-state index contributed by atoms with van der Waals surface area (Å²) < 4.78 is 33.2. The van der Waals surface area contributed by atoms with Crippen molar-refractivity contribution >= 4 is 33.3 Å². The van der Waals surface area contributed by atoms with Crippen LogP contribution in [0.25, 0.3) is 28.0 Å². The number of fused-ring (bicyclic) bond motifs is 1. The first-order chi connectivity index (χ1) is 18.4. The third-order valence-corrected chi connectivity index (χ3v) is 5.44. The molecule has 0 aliphatic heterocycles. The van der Waals surface area contributed by atoms with Gasteiger partial charge in [-0.3, -0.25) is 19.3 Å². The highest BCUT2D eigenvalue weighted by Crippen LogP contribution is 2.27. The second-order valence-electron chi connectivity index (χ2n) is 9.74. The van der Waals surface area contributed by atoms with Gasteiger partial charge in [-0.25, -0.2) is 9.78 Å². The Balaban J connectivity index is 0.000000648. The van der Waals surface area contributed by atoms with Crippen molar-refractivity contribution in [3.05, 3.63) is 85.1 Å². The fourth-order valence-electron chi connectivity index (χ4n) is 3.60. The van der Waals surface area contributed by atoms with Crippen LogP contribution in [0.2, 0.25) is 0 Å². The fourth-order valence-corrected chi connectivity index (χ4v) is 3.60. The number of hydrogen-bond donors (Lipinski definition) is 3. The first kappa shape index (κ1) is 27.5. The molecule has 4 aromatic heterocycles. The highest BCUT2D eigenvalue weighted by molar-refractivity contribution is 7.85. The van der Waals surface area contributed by atoms with Crippen LogP contribution in [0, 0.1) is 0 Å². The first-order valence-electron chi connectivity index (χ1n) is 11.8. The van der Waals surface area contributed by atoms with Crippen LogP contribution in [0.3, 0.4) is 0 Å². The number of carbonyl (C=O) groups excluding carboxylic acids is 1. The highest BCUT2D eigenvalue weighted by Gasteiger charge is 2.20. The summed E-state index contributed by atoms with van der Waals surface area (Å²) in [7, 11) is -3.67. The van der Waals surface area contributed by atoms with Gasteiger partial charge in [-0.15, -0.1) is 0 Å². The molecule has 1 aromatic carbocycles. The number of aromatic nitrogens is 4. The van der Waals surface area contributed by atoms with Crippen molar-refractivity contribution in [1.29, 1.82) is 0 Å². The first-order valence-corrected chi connectivity index (χ1v) is 13.7. The third kappa shape index (κ3) is 7.49. The molecule has 0 atom stereocenters. The largest absolute Gasteiger partial charge is 0.359 e. The van der Waals surface area contributed by atoms with Gasteiger partial charge < -0.3 is 9.84 Å². The minimum atomic E-state index is -3.67. The fraction of sp³-hybridized carbons (Fsp3) is 0.185. The Morgan fingerprint density at radius 2 is 1.69 bits per heavy atom. The van der Waals surface area contributed by atoms with Gasteiger partial charge in [0.15, 0.2) is 5.82 Å². The lowest BCUT2D eigenvalue weighted by atomic mass is 9.93. The van der Waals surface area contributed by atoms with Crippen molar-refractivity contribution in [2.75, 3.05) is 16.9 Å². The number of hydrogen-bond acceptors (Lipinski definition) is 7. The number of nitrogens with one attached hydrogen (secondary N) is 2. The quantitative estimate of drug-likeness (QED) is 0.249. The zero-order valence-corrected chi connectivity index (χ0v) is 22.6. The molecule has 4 heterocycles. The number of rotatable bonds is 4. The summed E-state index contributed by atoms with van der Waals surface area (Å²) in [5.74, 6) is 1.07. The minimum absolute atomic E-state index is 0.183. The van der Waals surface area contributed by atoms with E-state index in [0.29, 0.717) is 23.5 Å². The number of imidazole rings is 1. The Morgan fingerprint density at radius 3 is 2.31 bits per heavy atom. The van der Waals surface area contributed by atoms with Gasteiger partial charge in [0.1, 0.15) is 11.4 Å². The lowest BCUT2D eigenvalue weighted by Crippen LogP contribution is -2.19. The molecule has 0 saturated carbocycles. The zero-order valence-electron chi connectivity index (χ0n) is 21.8.